The molecule has 0 radical (unpaired) electrons. The van der Waals surface area contributed by atoms with Crippen molar-refractivity contribution in [3.63, 3.8) is 0 Å². The van der Waals surface area contributed by atoms with Crippen molar-refractivity contribution in [1.82, 2.24) is 19.9 Å². The lowest BCUT2D eigenvalue weighted by molar-refractivity contribution is 0.0786. The van der Waals surface area contributed by atoms with E-state index in [-0.39, 0.29) is 11.0 Å². The smallest absolute Gasteiger partial charge is 0.276 e. The Bertz CT molecular complexity index is 1170. The number of aromatic nitrogens is 3. The lowest BCUT2D eigenvalue weighted by atomic mass is 9.89. The van der Waals surface area contributed by atoms with Crippen molar-refractivity contribution in [3.05, 3.63) is 50.3 Å². The van der Waals surface area contributed by atoms with Crippen molar-refractivity contribution in [2.45, 2.75) is 50.9 Å². The fourth-order valence-corrected chi connectivity index (χ4v) is 4.81. The van der Waals surface area contributed by atoms with Crippen LogP contribution in [0.3, 0.4) is 0 Å². The van der Waals surface area contributed by atoms with Gasteiger partial charge in [-0.05, 0) is 44.2 Å². The monoisotopic (exact) mass is 352 g/mol. The van der Waals surface area contributed by atoms with E-state index in [9.17, 15) is 14.7 Å². The highest BCUT2D eigenvalue weighted by molar-refractivity contribution is 5.93. The van der Waals surface area contributed by atoms with Gasteiger partial charge in [0.2, 0.25) is 0 Å². The molecule has 0 aromatic carbocycles. The first-order valence-corrected chi connectivity index (χ1v) is 9.05. The Hall–Kier alpha value is -2.51. The van der Waals surface area contributed by atoms with Crippen molar-refractivity contribution in [2.24, 2.45) is 0 Å². The summed E-state index contributed by atoms with van der Waals surface area (Å²) in [6, 6.07) is 1.70. The largest absolute Gasteiger partial charge is 0.373 e. The Balaban J connectivity index is 1.96. The van der Waals surface area contributed by atoms with Crippen LogP contribution in [0.1, 0.15) is 49.6 Å². The molecule has 1 unspecified atom stereocenters. The van der Waals surface area contributed by atoms with Gasteiger partial charge >= 0.3 is 0 Å². The number of rotatable bonds is 0. The Morgan fingerprint density at radius 1 is 1.27 bits per heavy atom. The van der Waals surface area contributed by atoms with Gasteiger partial charge < -0.3 is 10.1 Å². The zero-order chi connectivity index (χ0) is 18.1. The number of nitrogens with one attached hydrogen (secondary N) is 2. The molecule has 2 aliphatic rings. The maximum Gasteiger partial charge on any atom is 0.276 e. The zero-order valence-corrected chi connectivity index (χ0v) is 14.5. The minimum absolute atomic E-state index is 0.225. The van der Waals surface area contributed by atoms with Crippen LogP contribution in [-0.2, 0) is 5.66 Å². The van der Waals surface area contributed by atoms with E-state index in [1.807, 2.05) is 0 Å². The lowest BCUT2D eigenvalue weighted by Crippen LogP contribution is -2.48. The van der Waals surface area contributed by atoms with E-state index in [2.05, 4.69) is 15.3 Å². The van der Waals surface area contributed by atoms with Gasteiger partial charge in [0.05, 0.1) is 22.0 Å². The third-order valence-corrected chi connectivity index (χ3v) is 5.99. The summed E-state index contributed by atoms with van der Waals surface area (Å²) in [5.41, 5.74) is 1.02. The molecule has 1 saturated carbocycles. The van der Waals surface area contributed by atoms with Crippen LogP contribution in [-0.4, -0.2) is 19.6 Å². The van der Waals surface area contributed by atoms with Crippen LogP contribution >= 0.6 is 0 Å². The van der Waals surface area contributed by atoms with Gasteiger partial charge in [0.15, 0.2) is 5.43 Å². The van der Waals surface area contributed by atoms with E-state index >= 15 is 0 Å². The number of aliphatic hydroxyl groups is 1. The lowest BCUT2D eigenvalue weighted by Gasteiger charge is -2.35. The number of hydrogen-bond acceptors (Lipinski definition) is 5. The summed E-state index contributed by atoms with van der Waals surface area (Å²) >= 11 is 0. The van der Waals surface area contributed by atoms with Crippen LogP contribution in [0.25, 0.3) is 21.8 Å². The molecule has 1 aliphatic carbocycles. The predicted octanol–water partition coefficient (Wildman–Crippen LogP) is 1.76. The number of H-pyrrole nitrogens is 1. The van der Waals surface area contributed by atoms with Crippen LogP contribution < -0.4 is 16.3 Å². The molecule has 3 N–H and O–H groups in total. The topological polar surface area (TPSA) is 100 Å². The zero-order valence-electron chi connectivity index (χ0n) is 14.5. The average molecular weight is 352 g/mol. The summed E-state index contributed by atoms with van der Waals surface area (Å²) in [7, 11) is 0. The minimum Gasteiger partial charge on any atom is -0.373 e. The van der Waals surface area contributed by atoms with Gasteiger partial charge in [-0.2, -0.15) is 0 Å². The molecule has 5 rings (SSSR count). The minimum atomic E-state index is -0.950. The summed E-state index contributed by atoms with van der Waals surface area (Å²) < 4.78 is 1.71. The standard InChI is InChI=1S/C19H20N4O3/c1-10-13-14(21-12-5-8-20-9-11(12)16(13)24)18(26)23-15(10)17(25)22-19(23)6-3-2-4-7-19/h5,8-9,17,22,25H,2-4,6-7H2,1H3,(H,21,24). The van der Waals surface area contributed by atoms with Gasteiger partial charge in [-0.3, -0.25) is 24.5 Å². The van der Waals surface area contributed by atoms with E-state index in [4.69, 9.17) is 0 Å². The Morgan fingerprint density at radius 2 is 2.04 bits per heavy atom. The van der Waals surface area contributed by atoms with E-state index in [0.29, 0.717) is 33.1 Å². The van der Waals surface area contributed by atoms with E-state index < -0.39 is 11.9 Å². The first-order valence-electron chi connectivity index (χ1n) is 9.05. The summed E-state index contributed by atoms with van der Waals surface area (Å²) in [5.74, 6) is 0. The summed E-state index contributed by atoms with van der Waals surface area (Å²) in [6.07, 6.45) is 6.88. The third-order valence-electron chi connectivity index (χ3n) is 5.99. The van der Waals surface area contributed by atoms with E-state index in [1.165, 1.54) is 6.20 Å². The van der Waals surface area contributed by atoms with Crippen LogP contribution in [0.15, 0.2) is 28.0 Å². The molecule has 3 aromatic heterocycles. The number of aliphatic hydroxyl groups excluding tert-OH is 1. The maximum absolute atomic E-state index is 13.4. The SMILES string of the molecule is Cc1c2n(c(=O)c3[nH]c4ccncc4c(=O)c13)C1(CCCCC1)NC2O. The van der Waals surface area contributed by atoms with Crippen LogP contribution in [0.2, 0.25) is 0 Å². The highest BCUT2D eigenvalue weighted by atomic mass is 16.3. The quantitative estimate of drug-likeness (QED) is 0.535. The molecule has 1 spiro atoms. The molecule has 0 saturated heterocycles. The second-order valence-electron chi connectivity index (χ2n) is 7.42. The molecule has 0 amide bonds. The van der Waals surface area contributed by atoms with Gasteiger partial charge in [0.1, 0.15) is 17.4 Å². The van der Waals surface area contributed by atoms with Crippen molar-refractivity contribution >= 4 is 21.8 Å². The fraction of sp³-hybridized carbons (Fsp3) is 0.421. The van der Waals surface area contributed by atoms with E-state index in [0.717, 1.165) is 32.1 Å². The van der Waals surface area contributed by atoms with Crippen molar-refractivity contribution < 1.29 is 5.11 Å². The Kier molecular flexibility index (Phi) is 3.17. The third kappa shape index (κ3) is 1.87. The molecule has 134 valence electrons. The summed E-state index contributed by atoms with van der Waals surface area (Å²) in [6.45, 7) is 1.80. The van der Waals surface area contributed by atoms with Crippen LogP contribution in [0.5, 0.6) is 0 Å². The Labute approximate surface area is 148 Å². The van der Waals surface area contributed by atoms with Crippen molar-refractivity contribution in [2.75, 3.05) is 0 Å². The number of hydrogen-bond donors (Lipinski definition) is 3. The normalized spacial score (nSPS) is 21.5. The number of pyridine rings is 3. The van der Waals surface area contributed by atoms with Gasteiger partial charge in [-0.15, -0.1) is 0 Å². The molecule has 3 aromatic rings. The number of fused-ring (bicyclic) bond motifs is 4. The molecule has 0 bridgehead atoms. The second-order valence-corrected chi connectivity index (χ2v) is 7.42. The highest BCUT2D eigenvalue weighted by Gasteiger charge is 2.45. The number of aryl methyl sites for hydroxylation is 1. The second kappa shape index (κ2) is 5.25. The highest BCUT2D eigenvalue weighted by Crippen LogP contribution is 2.41. The molecule has 4 heterocycles. The first-order chi connectivity index (χ1) is 12.5. The molecule has 7 heteroatoms. The number of nitrogens with zero attached hydrogens (tertiary/aromatic N) is 2. The Morgan fingerprint density at radius 3 is 2.81 bits per heavy atom. The maximum atomic E-state index is 13.4. The van der Waals surface area contributed by atoms with Crippen LogP contribution in [0, 0.1) is 6.92 Å². The van der Waals surface area contributed by atoms with Crippen molar-refractivity contribution in [1.29, 1.82) is 0 Å². The van der Waals surface area contributed by atoms with Crippen LogP contribution in [0.4, 0.5) is 0 Å². The molecular weight excluding hydrogens is 332 g/mol. The summed E-state index contributed by atoms with van der Waals surface area (Å²) in [4.78, 5) is 33.6. The average Bonchev–Trinajstić information content (AvgIpc) is 2.92. The molecule has 1 atom stereocenters. The van der Waals surface area contributed by atoms with Gasteiger partial charge in [-0.1, -0.05) is 6.42 Å². The first kappa shape index (κ1) is 15.7. The van der Waals surface area contributed by atoms with Gasteiger partial charge in [0, 0.05) is 12.4 Å². The number of aromatic amines is 1. The fourth-order valence-electron chi connectivity index (χ4n) is 4.81. The molecule has 1 aliphatic heterocycles. The molecule has 1 fully saturated rings. The van der Waals surface area contributed by atoms with Gasteiger partial charge in [0.25, 0.3) is 5.56 Å². The summed E-state index contributed by atoms with van der Waals surface area (Å²) in [5, 5.41) is 14.7. The predicted molar refractivity (Wildman–Crippen MR) is 98.0 cm³/mol. The molecule has 7 nitrogen and oxygen atoms in total. The van der Waals surface area contributed by atoms with Crippen molar-refractivity contribution in [3.8, 4) is 0 Å². The van der Waals surface area contributed by atoms with Gasteiger partial charge in [-0.25, -0.2) is 0 Å². The molecule has 26 heavy (non-hydrogen) atoms. The van der Waals surface area contributed by atoms with E-state index in [1.54, 1.807) is 23.8 Å². The molecular formula is C19H20N4O3.